The summed E-state index contributed by atoms with van der Waals surface area (Å²) in [5.74, 6) is 0. The molecular formula is C13H12BrClS. The standard InChI is InChI=1S/C13H12BrClS/c1-8-4-3-5-10(9(8)2)13(15)11-6-7-12(14)16-11/h3-7,13H,1-2H3. The summed E-state index contributed by atoms with van der Waals surface area (Å²) in [4.78, 5) is 1.18. The zero-order valence-corrected chi connectivity index (χ0v) is 12.3. The Morgan fingerprint density at radius 1 is 1.19 bits per heavy atom. The van der Waals surface area contributed by atoms with Crippen molar-refractivity contribution < 1.29 is 0 Å². The van der Waals surface area contributed by atoms with Crippen molar-refractivity contribution in [3.8, 4) is 0 Å². The number of thiophene rings is 1. The summed E-state index contributed by atoms with van der Waals surface area (Å²) in [6, 6.07) is 10.4. The lowest BCUT2D eigenvalue weighted by Crippen LogP contribution is -1.95. The van der Waals surface area contributed by atoms with E-state index in [0.717, 1.165) is 3.79 Å². The minimum absolute atomic E-state index is 0.0452. The third kappa shape index (κ3) is 2.34. The number of hydrogen-bond acceptors (Lipinski definition) is 1. The summed E-state index contributed by atoms with van der Waals surface area (Å²) in [6.07, 6.45) is 0. The quantitative estimate of drug-likeness (QED) is 0.646. The van der Waals surface area contributed by atoms with E-state index >= 15 is 0 Å². The normalized spacial score (nSPS) is 12.8. The summed E-state index contributed by atoms with van der Waals surface area (Å²) >= 11 is 11.7. The smallest absolute Gasteiger partial charge is 0.0930 e. The molecule has 2 aromatic rings. The molecule has 0 saturated heterocycles. The van der Waals surface area contributed by atoms with Crippen LogP contribution in [0.1, 0.15) is 26.9 Å². The van der Waals surface area contributed by atoms with Gasteiger partial charge in [-0.3, -0.25) is 0 Å². The minimum Gasteiger partial charge on any atom is -0.131 e. The second kappa shape index (κ2) is 4.91. The van der Waals surface area contributed by atoms with Gasteiger partial charge in [-0.1, -0.05) is 18.2 Å². The molecular weight excluding hydrogens is 304 g/mol. The van der Waals surface area contributed by atoms with Crippen molar-refractivity contribution in [3.05, 3.63) is 55.7 Å². The number of alkyl halides is 1. The topological polar surface area (TPSA) is 0 Å². The van der Waals surface area contributed by atoms with Gasteiger partial charge in [-0.15, -0.1) is 22.9 Å². The van der Waals surface area contributed by atoms with Crippen molar-refractivity contribution in [1.82, 2.24) is 0 Å². The van der Waals surface area contributed by atoms with Crippen LogP contribution in [0.15, 0.2) is 34.1 Å². The van der Waals surface area contributed by atoms with E-state index in [1.54, 1.807) is 11.3 Å². The summed E-state index contributed by atoms with van der Waals surface area (Å²) in [5, 5.41) is -0.0452. The van der Waals surface area contributed by atoms with Crippen molar-refractivity contribution in [2.45, 2.75) is 19.2 Å². The fraction of sp³-hybridized carbons (Fsp3) is 0.231. The number of rotatable bonds is 2. The van der Waals surface area contributed by atoms with Gasteiger partial charge in [0.1, 0.15) is 0 Å². The van der Waals surface area contributed by atoms with E-state index in [0.29, 0.717) is 0 Å². The molecule has 0 saturated carbocycles. The molecule has 1 aromatic carbocycles. The summed E-state index contributed by atoms with van der Waals surface area (Å²) < 4.78 is 1.12. The SMILES string of the molecule is Cc1cccc(C(Cl)c2ccc(Br)s2)c1C. The zero-order valence-electron chi connectivity index (χ0n) is 9.13. The van der Waals surface area contributed by atoms with Gasteiger partial charge in [0.15, 0.2) is 0 Å². The van der Waals surface area contributed by atoms with E-state index in [1.165, 1.54) is 21.6 Å². The maximum Gasteiger partial charge on any atom is 0.0930 e. The van der Waals surface area contributed by atoms with Gasteiger partial charge in [0, 0.05) is 4.88 Å². The van der Waals surface area contributed by atoms with Crippen LogP contribution in [0.2, 0.25) is 0 Å². The first-order valence-electron chi connectivity index (χ1n) is 5.05. The number of hydrogen-bond donors (Lipinski definition) is 0. The van der Waals surface area contributed by atoms with Gasteiger partial charge in [-0.2, -0.15) is 0 Å². The molecule has 0 amide bonds. The van der Waals surface area contributed by atoms with Crippen molar-refractivity contribution >= 4 is 38.9 Å². The van der Waals surface area contributed by atoms with Crippen LogP contribution in [-0.4, -0.2) is 0 Å². The summed E-state index contributed by atoms with van der Waals surface area (Å²) in [6.45, 7) is 4.25. The highest BCUT2D eigenvalue weighted by Crippen LogP contribution is 2.37. The molecule has 0 fully saturated rings. The van der Waals surface area contributed by atoms with Crippen molar-refractivity contribution in [1.29, 1.82) is 0 Å². The number of benzene rings is 1. The molecule has 0 nitrogen and oxygen atoms in total. The predicted molar refractivity (Wildman–Crippen MR) is 75.6 cm³/mol. The van der Waals surface area contributed by atoms with Crippen LogP contribution < -0.4 is 0 Å². The van der Waals surface area contributed by atoms with E-state index in [2.05, 4.69) is 54.0 Å². The average Bonchev–Trinajstić information content (AvgIpc) is 2.68. The molecule has 0 aliphatic heterocycles. The Morgan fingerprint density at radius 2 is 1.94 bits per heavy atom. The highest BCUT2D eigenvalue weighted by atomic mass is 79.9. The molecule has 1 heterocycles. The maximum atomic E-state index is 6.51. The largest absolute Gasteiger partial charge is 0.131 e. The molecule has 1 atom stereocenters. The first-order valence-corrected chi connectivity index (χ1v) is 7.09. The molecule has 3 heteroatoms. The van der Waals surface area contributed by atoms with Crippen LogP contribution in [0.4, 0.5) is 0 Å². The monoisotopic (exact) mass is 314 g/mol. The van der Waals surface area contributed by atoms with Crippen LogP contribution in [0.3, 0.4) is 0 Å². The molecule has 0 bridgehead atoms. The lowest BCUT2D eigenvalue weighted by molar-refractivity contribution is 1.13. The van der Waals surface area contributed by atoms with Crippen LogP contribution in [0.5, 0.6) is 0 Å². The predicted octanol–water partition coefficient (Wildman–Crippen LogP) is 5.46. The Labute approximate surface area is 113 Å². The third-order valence-corrected chi connectivity index (χ3v) is 5.05. The maximum absolute atomic E-state index is 6.51. The van der Waals surface area contributed by atoms with E-state index in [9.17, 15) is 0 Å². The second-order valence-electron chi connectivity index (χ2n) is 3.79. The third-order valence-electron chi connectivity index (χ3n) is 2.76. The van der Waals surface area contributed by atoms with Crippen LogP contribution >= 0.6 is 38.9 Å². The van der Waals surface area contributed by atoms with Gasteiger partial charge in [0.05, 0.1) is 9.16 Å². The Kier molecular flexibility index (Phi) is 3.73. The Bertz CT molecular complexity index is 504. The molecule has 0 N–H and O–H groups in total. The molecule has 84 valence electrons. The van der Waals surface area contributed by atoms with Gasteiger partial charge >= 0.3 is 0 Å². The van der Waals surface area contributed by atoms with Crippen molar-refractivity contribution in [2.24, 2.45) is 0 Å². The van der Waals surface area contributed by atoms with Crippen molar-refractivity contribution in [3.63, 3.8) is 0 Å². The Balaban J connectivity index is 2.41. The number of halogens is 2. The van der Waals surface area contributed by atoms with Gasteiger partial charge < -0.3 is 0 Å². The molecule has 1 unspecified atom stereocenters. The average molecular weight is 316 g/mol. The summed E-state index contributed by atoms with van der Waals surface area (Å²) in [5.41, 5.74) is 3.78. The van der Waals surface area contributed by atoms with E-state index < -0.39 is 0 Å². The lowest BCUT2D eigenvalue weighted by atomic mass is 10.0. The van der Waals surface area contributed by atoms with Gasteiger partial charge in [0.25, 0.3) is 0 Å². The van der Waals surface area contributed by atoms with E-state index in [-0.39, 0.29) is 5.38 Å². The molecule has 0 aliphatic carbocycles. The van der Waals surface area contributed by atoms with Crippen LogP contribution in [0.25, 0.3) is 0 Å². The Hall–Kier alpha value is -0.310. The minimum atomic E-state index is -0.0452. The molecule has 0 radical (unpaired) electrons. The van der Waals surface area contributed by atoms with Gasteiger partial charge in [-0.05, 0) is 58.6 Å². The van der Waals surface area contributed by atoms with Gasteiger partial charge in [-0.25, -0.2) is 0 Å². The van der Waals surface area contributed by atoms with E-state index in [1.807, 2.05) is 6.07 Å². The highest BCUT2D eigenvalue weighted by molar-refractivity contribution is 9.11. The lowest BCUT2D eigenvalue weighted by Gasteiger charge is -2.12. The highest BCUT2D eigenvalue weighted by Gasteiger charge is 2.15. The van der Waals surface area contributed by atoms with Crippen molar-refractivity contribution in [2.75, 3.05) is 0 Å². The molecule has 16 heavy (non-hydrogen) atoms. The fourth-order valence-electron chi connectivity index (χ4n) is 1.67. The first-order chi connectivity index (χ1) is 7.59. The number of aryl methyl sites for hydroxylation is 1. The molecule has 0 aliphatic rings. The fourth-order valence-corrected chi connectivity index (χ4v) is 3.53. The Morgan fingerprint density at radius 3 is 2.56 bits per heavy atom. The molecule has 2 rings (SSSR count). The van der Waals surface area contributed by atoms with Crippen LogP contribution in [-0.2, 0) is 0 Å². The molecule has 1 aromatic heterocycles. The van der Waals surface area contributed by atoms with E-state index in [4.69, 9.17) is 11.6 Å². The zero-order chi connectivity index (χ0) is 11.7. The molecule has 0 spiro atoms. The van der Waals surface area contributed by atoms with Gasteiger partial charge in [0.2, 0.25) is 0 Å². The van der Waals surface area contributed by atoms with Crippen LogP contribution in [0, 0.1) is 13.8 Å². The summed E-state index contributed by atoms with van der Waals surface area (Å²) in [7, 11) is 0. The second-order valence-corrected chi connectivity index (χ2v) is 6.72. The first kappa shape index (κ1) is 12.2.